The van der Waals surface area contributed by atoms with Crippen LogP contribution in [0.1, 0.15) is 39.2 Å². The number of anilines is 1. The van der Waals surface area contributed by atoms with Crippen LogP contribution in [-0.2, 0) is 9.53 Å². The van der Waals surface area contributed by atoms with Crippen LogP contribution in [0, 0.1) is 0 Å². The quantitative estimate of drug-likeness (QED) is 0.626. The highest BCUT2D eigenvalue weighted by molar-refractivity contribution is 8.05. The number of aliphatic hydroxyl groups excluding tert-OH is 1. The van der Waals surface area contributed by atoms with Gasteiger partial charge in [0.05, 0.1) is 15.6 Å². The first-order valence-electron chi connectivity index (χ1n) is 9.52. The van der Waals surface area contributed by atoms with Crippen LogP contribution in [-0.4, -0.2) is 47.4 Å². The van der Waals surface area contributed by atoms with E-state index in [1.54, 1.807) is 12.1 Å². The number of thioether (sulfide) groups is 1. The summed E-state index contributed by atoms with van der Waals surface area (Å²) in [6.45, 7) is 6.86. The van der Waals surface area contributed by atoms with Crippen LogP contribution in [0.15, 0.2) is 23.1 Å². The first kappa shape index (κ1) is 21.8. The summed E-state index contributed by atoms with van der Waals surface area (Å²) in [4.78, 5) is 26.7. The lowest BCUT2D eigenvalue weighted by Crippen LogP contribution is -2.49. The molecule has 7 nitrogen and oxygen atoms in total. The van der Waals surface area contributed by atoms with Gasteiger partial charge >= 0.3 is 6.09 Å². The van der Waals surface area contributed by atoms with Gasteiger partial charge in [0.25, 0.3) is 5.91 Å². The summed E-state index contributed by atoms with van der Waals surface area (Å²) in [6.07, 6.45) is 3.04. The number of carbonyl (C=O) groups is 2. The zero-order chi connectivity index (χ0) is 21.2. The fourth-order valence-electron chi connectivity index (χ4n) is 3.38. The highest BCUT2D eigenvalue weighted by atomic mass is 35.5. The Morgan fingerprint density at radius 3 is 2.86 bits per heavy atom. The van der Waals surface area contributed by atoms with Gasteiger partial charge in [-0.3, -0.25) is 4.79 Å². The molecule has 0 radical (unpaired) electrons. The average molecular weight is 440 g/mol. The van der Waals surface area contributed by atoms with E-state index in [-0.39, 0.29) is 11.9 Å². The number of piperidine rings is 1. The van der Waals surface area contributed by atoms with Gasteiger partial charge in [-0.25, -0.2) is 4.79 Å². The zero-order valence-corrected chi connectivity index (χ0v) is 18.3. The smallest absolute Gasteiger partial charge is 0.407 e. The maximum absolute atomic E-state index is 12.1. The van der Waals surface area contributed by atoms with Gasteiger partial charge in [-0.2, -0.15) is 0 Å². The van der Waals surface area contributed by atoms with Gasteiger partial charge in [-0.15, -0.1) is 0 Å². The van der Waals surface area contributed by atoms with E-state index in [0.717, 1.165) is 42.4 Å². The largest absolute Gasteiger partial charge is 0.444 e. The number of alkyl carbamates (subject to hydrolysis) is 1. The van der Waals surface area contributed by atoms with E-state index in [0.29, 0.717) is 16.5 Å². The molecule has 0 aliphatic carbocycles. The number of carbonyl (C=O) groups excluding carboxylic acids is 2. The lowest BCUT2D eigenvalue weighted by molar-refractivity contribution is -0.117. The first-order chi connectivity index (χ1) is 13.6. The van der Waals surface area contributed by atoms with Crippen molar-refractivity contribution in [2.75, 3.05) is 18.0 Å². The van der Waals surface area contributed by atoms with Gasteiger partial charge in [0.2, 0.25) is 0 Å². The van der Waals surface area contributed by atoms with Crippen LogP contribution in [0.2, 0.25) is 5.02 Å². The molecule has 3 rings (SSSR count). The van der Waals surface area contributed by atoms with Crippen molar-refractivity contribution in [2.24, 2.45) is 0 Å². The number of amides is 2. The van der Waals surface area contributed by atoms with Crippen molar-refractivity contribution in [1.29, 1.82) is 0 Å². The van der Waals surface area contributed by atoms with Crippen LogP contribution >= 0.6 is 23.4 Å². The van der Waals surface area contributed by atoms with Crippen LogP contribution in [0.3, 0.4) is 0 Å². The topological polar surface area (TPSA) is 90.9 Å². The molecule has 2 amide bonds. The lowest BCUT2D eigenvalue weighted by atomic mass is 10.0. The number of benzene rings is 1. The van der Waals surface area contributed by atoms with Crippen molar-refractivity contribution in [3.63, 3.8) is 0 Å². The molecule has 2 atom stereocenters. The van der Waals surface area contributed by atoms with Crippen molar-refractivity contribution in [1.82, 2.24) is 10.6 Å². The molecule has 3 N–H and O–H groups in total. The predicted octanol–water partition coefficient (Wildman–Crippen LogP) is 3.31. The van der Waals surface area contributed by atoms with E-state index in [4.69, 9.17) is 16.3 Å². The number of nitrogens with zero attached hydrogens (tertiary/aromatic N) is 1. The summed E-state index contributed by atoms with van der Waals surface area (Å²) in [5, 5.41) is 15.6. The summed E-state index contributed by atoms with van der Waals surface area (Å²) in [6, 6.07) is 5.45. The van der Waals surface area contributed by atoms with Gasteiger partial charge in [0.15, 0.2) is 5.56 Å². The lowest BCUT2D eigenvalue weighted by Gasteiger charge is -2.36. The molecule has 158 valence electrons. The Morgan fingerprint density at radius 2 is 2.21 bits per heavy atom. The van der Waals surface area contributed by atoms with Crippen molar-refractivity contribution >= 4 is 47.1 Å². The van der Waals surface area contributed by atoms with Crippen LogP contribution in [0.4, 0.5) is 10.5 Å². The summed E-state index contributed by atoms with van der Waals surface area (Å²) in [5.74, 6) is -0.309. The molecule has 0 bridgehead atoms. The van der Waals surface area contributed by atoms with E-state index < -0.39 is 17.3 Å². The summed E-state index contributed by atoms with van der Waals surface area (Å²) in [7, 11) is 0. The molecule has 2 aliphatic rings. The van der Waals surface area contributed by atoms with Gasteiger partial charge in [-0.05, 0) is 45.8 Å². The second kappa shape index (κ2) is 8.85. The SMILES string of the molecule is CC(C)(C)OC(=O)NC1CCCN(c2c(Cl)cccc2C=C2SC(O)NC2=O)C1. The van der Waals surface area contributed by atoms with Crippen molar-refractivity contribution < 1.29 is 19.4 Å². The summed E-state index contributed by atoms with van der Waals surface area (Å²) < 4.78 is 5.36. The van der Waals surface area contributed by atoms with E-state index in [1.165, 1.54) is 0 Å². The molecule has 29 heavy (non-hydrogen) atoms. The monoisotopic (exact) mass is 439 g/mol. The Bertz CT molecular complexity index is 824. The summed E-state index contributed by atoms with van der Waals surface area (Å²) in [5.41, 5.74) is 0.119. The fourth-order valence-corrected chi connectivity index (χ4v) is 4.45. The first-order valence-corrected chi connectivity index (χ1v) is 10.8. The molecule has 0 spiro atoms. The number of halogens is 1. The maximum atomic E-state index is 12.1. The highest BCUT2D eigenvalue weighted by Crippen LogP contribution is 2.36. The number of ether oxygens (including phenoxy) is 1. The second-order valence-electron chi connectivity index (χ2n) is 8.06. The van der Waals surface area contributed by atoms with Crippen molar-refractivity contribution in [3.8, 4) is 0 Å². The third-order valence-corrected chi connectivity index (χ3v) is 5.68. The molecular formula is C20H26ClN3O4S. The molecule has 2 saturated heterocycles. The molecule has 0 saturated carbocycles. The Morgan fingerprint density at radius 1 is 1.45 bits per heavy atom. The highest BCUT2D eigenvalue weighted by Gasteiger charge is 2.28. The van der Waals surface area contributed by atoms with Gasteiger partial charge in [0, 0.05) is 24.7 Å². The normalized spacial score (nSPS) is 23.8. The van der Waals surface area contributed by atoms with Crippen molar-refractivity contribution in [3.05, 3.63) is 33.7 Å². The Hall–Kier alpha value is -1.90. The number of hydrogen-bond donors (Lipinski definition) is 3. The van der Waals surface area contributed by atoms with E-state index >= 15 is 0 Å². The minimum atomic E-state index is -0.936. The summed E-state index contributed by atoms with van der Waals surface area (Å²) >= 11 is 7.58. The molecule has 0 aromatic heterocycles. The molecular weight excluding hydrogens is 414 g/mol. The number of hydrogen-bond acceptors (Lipinski definition) is 6. The minimum absolute atomic E-state index is 0.0682. The van der Waals surface area contributed by atoms with Gasteiger partial charge < -0.3 is 25.4 Å². The third kappa shape index (κ3) is 5.81. The minimum Gasteiger partial charge on any atom is -0.444 e. The van der Waals surface area contributed by atoms with Crippen LogP contribution in [0.25, 0.3) is 6.08 Å². The average Bonchev–Trinajstić information content (AvgIpc) is 2.90. The van der Waals surface area contributed by atoms with E-state index in [2.05, 4.69) is 15.5 Å². The number of para-hydroxylation sites is 1. The molecule has 1 aromatic rings. The molecule has 1 aromatic carbocycles. The van der Waals surface area contributed by atoms with E-state index in [1.807, 2.05) is 32.9 Å². The fraction of sp³-hybridized carbons (Fsp3) is 0.500. The Balaban J connectivity index is 1.79. The van der Waals surface area contributed by atoms with Crippen molar-refractivity contribution in [2.45, 2.75) is 50.8 Å². The maximum Gasteiger partial charge on any atom is 0.407 e. The number of rotatable bonds is 3. The van der Waals surface area contributed by atoms with Gasteiger partial charge in [0.1, 0.15) is 5.60 Å². The van der Waals surface area contributed by atoms with Crippen LogP contribution in [0.5, 0.6) is 0 Å². The second-order valence-corrected chi connectivity index (χ2v) is 9.59. The molecule has 2 heterocycles. The number of nitrogens with one attached hydrogen (secondary N) is 2. The van der Waals surface area contributed by atoms with Crippen LogP contribution < -0.4 is 15.5 Å². The van der Waals surface area contributed by atoms with Gasteiger partial charge in [-0.1, -0.05) is 35.5 Å². The van der Waals surface area contributed by atoms with E-state index in [9.17, 15) is 14.7 Å². The molecule has 2 unspecified atom stereocenters. The Kier molecular flexibility index (Phi) is 6.65. The molecule has 2 fully saturated rings. The third-order valence-electron chi connectivity index (χ3n) is 4.48. The molecule has 9 heteroatoms. The molecule has 2 aliphatic heterocycles. The number of aliphatic hydroxyl groups is 1. The predicted molar refractivity (Wildman–Crippen MR) is 116 cm³/mol. The zero-order valence-electron chi connectivity index (χ0n) is 16.7. The Labute approximate surface area is 179 Å². The standard InChI is InChI=1S/C20H26ClN3O4S/c1-20(2,3)28-18(26)22-13-7-5-9-24(11-13)16-12(6-4-8-14(16)21)10-15-17(25)23-19(27)29-15/h4,6,8,10,13,19,27H,5,7,9,11H2,1-3H3,(H,22,26)(H,23,25).